The molecule has 268 valence electrons. The maximum Gasteiger partial charge on any atom is 0.511 e. The van der Waals surface area contributed by atoms with Gasteiger partial charge in [-0.2, -0.15) is 0 Å². The van der Waals surface area contributed by atoms with Crippen molar-refractivity contribution in [3.05, 3.63) is 63.1 Å². The van der Waals surface area contributed by atoms with E-state index in [4.69, 9.17) is 28.8 Å². The lowest BCUT2D eigenvalue weighted by molar-refractivity contribution is -0.0863. The Morgan fingerprint density at radius 2 is 1.96 bits per heavy atom. The number of benzene rings is 1. The largest absolute Gasteiger partial charge is 0.511 e. The Bertz CT molecular complexity index is 1740. The van der Waals surface area contributed by atoms with Crippen LogP contribution >= 0.6 is 7.82 Å². The van der Waals surface area contributed by atoms with Gasteiger partial charge in [-0.3, -0.25) is 18.9 Å². The number of rotatable bonds is 10. The number of nitrogens with zero attached hydrogens (tertiary/aromatic N) is 3. The van der Waals surface area contributed by atoms with Crippen LogP contribution in [0.1, 0.15) is 79.9 Å². The number of carbonyl (C=O) groups excluding carboxylic acids is 3. The number of hydrogen-bond acceptors (Lipinski definition) is 11. The zero-order valence-electron chi connectivity index (χ0n) is 27.3. The molecule has 2 aliphatic heterocycles. The Kier molecular flexibility index (Phi) is 11.5. The highest BCUT2D eigenvalue weighted by Gasteiger charge is 2.39. The molecule has 19 heteroatoms. The highest BCUT2D eigenvalue weighted by Crippen LogP contribution is 2.40. The maximum absolute atomic E-state index is 14.2. The van der Waals surface area contributed by atoms with Gasteiger partial charge in [0.15, 0.2) is 5.69 Å². The Morgan fingerprint density at radius 1 is 1.24 bits per heavy atom. The molecule has 3 N–H and O–H groups in total. The van der Waals surface area contributed by atoms with Gasteiger partial charge in [-0.1, -0.05) is 11.2 Å². The molecule has 49 heavy (non-hydrogen) atoms. The van der Waals surface area contributed by atoms with Gasteiger partial charge in [0.1, 0.15) is 35.5 Å². The van der Waals surface area contributed by atoms with Crippen LogP contribution in [0.3, 0.4) is 0 Å². The van der Waals surface area contributed by atoms with Crippen molar-refractivity contribution in [1.29, 1.82) is 0 Å². The number of phosphoric ester groups is 1. The smallest absolute Gasteiger partial charge is 0.451 e. The summed E-state index contributed by atoms with van der Waals surface area (Å²) in [6, 6.07) is 1.86. The summed E-state index contributed by atoms with van der Waals surface area (Å²) in [6.45, 7) is 6.37. The van der Waals surface area contributed by atoms with E-state index >= 15 is 0 Å². The average Bonchev–Trinajstić information content (AvgIpc) is 2.99. The van der Waals surface area contributed by atoms with E-state index in [0.717, 1.165) is 12.1 Å². The molecule has 2 aliphatic rings. The molecule has 16 nitrogen and oxygen atoms in total. The van der Waals surface area contributed by atoms with Crippen molar-refractivity contribution in [1.82, 2.24) is 14.8 Å². The van der Waals surface area contributed by atoms with Crippen molar-refractivity contribution < 1.29 is 61.1 Å². The predicted octanol–water partition coefficient (Wildman–Crippen LogP) is 3.39. The number of carbonyl (C=O) groups is 3. The molecule has 1 aromatic carbocycles. The number of amides is 2. The average molecular weight is 715 g/mol. The molecule has 0 radical (unpaired) electrons. The number of ether oxygens (including phenoxy) is 3. The van der Waals surface area contributed by atoms with E-state index in [1.807, 2.05) is 0 Å². The third-order valence-corrected chi connectivity index (χ3v) is 8.66. The first-order valence-electron chi connectivity index (χ1n) is 15.1. The van der Waals surface area contributed by atoms with E-state index in [-0.39, 0.29) is 36.9 Å². The van der Waals surface area contributed by atoms with Crippen molar-refractivity contribution in [2.75, 3.05) is 19.9 Å². The number of phosphoric acid groups is 1. The first-order chi connectivity index (χ1) is 22.9. The minimum Gasteiger partial charge on any atom is -0.451 e. The van der Waals surface area contributed by atoms with E-state index in [1.165, 1.54) is 36.4 Å². The lowest BCUT2D eigenvalue weighted by atomic mass is 10.0. The second kappa shape index (κ2) is 15.0. The number of nitrogens with one attached hydrogen (secondary N) is 1. The van der Waals surface area contributed by atoms with Crippen LogP contribution in [0.2, 0.25) is 0 Å². The van der Waals surface area contributed by atoms with Crippen LogP contribution in [-0.2, 0) is 29.9 Å². The number of fused-ring (bicyclic) bond motifs is 4. The molecule has 0 aliphatic carbocycles. The van der Waals surface area contributed by atoms with Gasteiger partial charge in [-0.15, -0.1) is 0 Å². The first-order valence-corrected chi connectivity index (χ1v) is 16.6. The van der Waals surface area contributed by atoms with Gasteiger partial charge in [0.25, 0.3) is 11.8 Å². The van der Waals surface area contributed by atoms with E-state index in [9.17, 15) is 32.5 Å². The molecule has 4 rings (SSSR count). The van der Waals surface area contributed by atoms with Crippen molar-refractivity contribution in [3.63, 3.8) is 0 Å². The number of halogens is 2. The third kappa shape index (κ3) is 9.20. The summed E-state index contributed by atoms with van der Waals surface area (Å²) < 4.78 is 60.5. The fraction of sp³-hybridized carbons (Fsp3) is 0.500. The summed E-state index contributed by atoms with van der Waals surface area (Å²) in [6.07, 6.45) is -0.829. The molecule has 2 aromatic rings. The van der Waals surface area contributed by atoms with Gasteiger partial charge in [0.05, 0.1) is 11.8 Å². The van der Waals surface area contributed by atoms with Crippen LogP contribution in [0.5, 0.6) is 5.75 Å². The Morgan fingerprint density at radius 3 is 2.63 bits per heavy atom. The number of oxime groups is 1. The van der Waals surface area contributed by atoms with Gasteiger partial charge in [-0.05, 0) is 40.7 Å². The van der Waals surface area contributed by atoms with E-state index in [0.29, 0.717) is 18.2 Å². The fourth-order valence-corrected chi connectivity index (χ4v) is 5.79. The molecular weight excluding hydrogens is 677 g/mol. The second-order valence-corrected chi connectivity index (χ2v) is 13.3. The van der Waals surface area contributed by atoms with Crippen molar-refractivity contribution >= 4 is 31.5 Å². The molecule has 3 atom stereocenters. The Labute approximate surface area is 279 Å². The summed E-state index contributed by atoms with van der Waals surface area (Å²) in [5, 5.41) is 6.52. The molecule has 2 bridgehead atoms. The summed E-state index contributed by atoms with van der Waals surface area (Å²) >= 11 is 0. The minimum atomic E-state index is -4.92. The summed E-state index contributed by atoms with van der Waals surface area (Å²) in [5.41, 5.74) is -2.88. The number of pyridine rings is 1. The zero-order chi connectivity index (χ0) is 36.3. The standard InChI is InChI=1S/C30H37F2N4O12P/c1-16-10-21-13-35(17(2)8-9-46-34-16)28(39)24-26(44-15-45-29(40)47-30(4,5)18(3)48-49(41,42)43)25(37)22(14-36(21)24)27(38)33-12-19-6-7-20(31)11-23(19)32/h6-7,11,14,17-18,21H,8-10,12-13,15H2,1-5H3,(H,33,38)(H2,41,42,43)/b34-16-/t17-,18?,21-/m0/s1. The molecular formula is C30H37F2N4O12P. The van der Waals surface area contributed by atoms with E-state index < -0.39 is 85.3 Å². The topological polar surface area (TPSA) is 205 Å². The predicted molar refractivity (Wildman–Crippen MR) is 166 cm³/mol. The van der Waals surface area contributed by atoms with Gasteiger partial charge < -0.3 is 43.6 Å². The molecule has 0 saturated carbocycles. The fourth-order valence-electron chi connectivity index (χ4n) is 5.12. The first kappa shape index (κ1) is 37.4. The minimum absolute atomic E-state index is 0.0568. The molecule has 2 amide bonds. The lowest BCUT2D eigenvalue weighted by Gasteiger charge is -2.40. The molecule has 0 saturated heterocycles. The highest BCUT2D eigenvalue weighted by atomic mass is 31.2. The quantitative estimate of drug-likeness (QED) is 0.184. The number of hydrogen-bond donors (Lipinski definition) is 3. The van der Waals surface area contributed by atoms with Crippen LogP contribution in [-0.4, -0.2) is 80.6 Å². The van der Waals surface area contributed by atoms with Gasteiger partial charge >= 0.3 is 14.0 Å². The molecule has 1 unspecified atom stereocenters. The lowest BCUT2D eigenvalue weighted by Crippen LogP contribution is -2.50. The zero-order valence-corrected chi connectivity index (χ0v) is 28.2. The van der Waals surface area contributed by atoms with Crippen LogP contribution in [0, 0.1) is 11.6 Å². The molecule has 0 fully saturated rings. The normalized spacial score (nSPS) is 19.8. The van der Waals surface area contributed by atoms with Crippen LogP contribution < -0.4 is 15.5 Å². The highest BCUT2D eigenvalue weighted by molar-refractivity contribution is 7.46. The maximum atomic E-state index is 14.2. The van der Waals surface area contributed by atoms with Crippen molar-refractivity contribution in [2.24, 2.45) is 5.16 Å². The monoisotopic (exact) mass is 714 g/mol. The van der Waals surface area contributed by atoms with E-state index in [2.05, 4.69) is 15.0 Å². The van der Waals surface area contributed by atoms with Gasteiger partial charge in [-0.25, -0.2) is 18.1 Å². The van der Waals surface area contributed by atoms with Crippen LogP contribution in [0.4, 0.5) is 13.6 Å². The van der Waals surface area contributed by atoms with Gasteiger partial charge in [0.2, 0.25) is 18.0 Å². The summed E-state index contributed by atoms with van der Waals surface area (Å²) in [7, 11) is -4.92. The molecule has 3 heterocycles. The van der Waals surface area contributed by atoms with Crippen molar-refractivity contribution in [2.45, 2.75) is 77.8 Å². The third-order valence-electron chi connectivity index (χ3n) is 8.07. The van der Waals surface area contributed by atoms with E-state index in [1.54, 1.807) is 13.8 Å². The SMILES string of the molecule is C/C1=N/OCC[C@H](C)N2C[C@H](C1)n1cc(C(=O)NCc3ccc(F)cc3F)c(=O)c(OCOC(=O)OC(C)(C)C(C)OP(=O)(O)O)c1C2=O. The van der Waals surface area contributed by atoms with Gasteiger partial charge in [0, 0.05) is 49.8 Å². The number of aromatic nitrogens is 1. The summed E-state index contributed by atoms with van der Waals surface area (Å²) in [4.78, 5) is 78.7. The second-order valence-electron chi connectivity index (χ2n) is 12.1. The van der Waals surface area contributed by atoms with Crippen LogP contribution in [0.25, 0.3) is 0 Å². The Hall–Kier alpha value is -4.38. The molecule has 1 aromatic heterocycles. The Balaban J connectivity index is 1.67. The van der Waals surface area contributed by atoms with Crippen LogP contribution in [0.15, 0.2) is 34.3 Å². The van der Waals surface area contributed by atoms with Crippen molar-refractivity contribution in [3.8, 4) is 5.75 Å². The molecule has 0 spiro atoms. The summed E-state index contributed by atoms with van der Waals surface area (Å²) in [5.74, 6) is -3.94.